The number of ether oxygens (including phenoxy) is 2. The van der Waals surface area contributed by atoms with Gasteiger partial charge in [0.1, 0.15) is 5.82 Å². The van der Waals surface area contributed by atoms with E-state index in [2.05, 4.69) is 26.6 Å². The normalized spacial score (nSPS) is 11.1. The molecule has 0 fully saturated rings. The molecule has 2 rings (SSSR count). The molecule has 1 amide bonds. The summed E-state index contributed by atoms with van der Waals surface area (Å²) in [5.41, 5.74) is 1.26. The number of carbonyl (C=O) groups is 1. The maximum absolute atomic E-state index is 13.3. The van der Waals surface area contributed by atoms with Gasteiger partial charge in [0.05, 0.1) is 16.6 Å². The van der Waals surface area contributed by atoms with Crippen LogP contribution in [0.5, 0.6) is 11.5 Å². The third kappa shape index (κ3) is 6.56. The van der Waals surface area contributed by atoms with Gasteiger partial charge in [0.15, 0.2) is 18.1 Å². The Morgan fingerprint density at radius 1 is 1.25 bits per heavy atom. The van der Waals surface area contributed by atoms with E-state index >= 15 is 0 Å². The lowest BCUT2D eigenvalue weighted by atomic mass is 10.1. The molecule has 0 saturated heterocycles. The highest BCUT2D eigenvalue weighted by molar-refractivity contribution is 9.10. The Morgan fingerprint density at radius 2 is 1.96 bits per heavy atom. The number of methoxy groups -OCH3 is 1. The fourth-order valence-corrected chi connectivity index (χ4v) is 3.20. The maximum Gasteiger partial charge on any atom is 0.258 e. The molecule has 0 aliphatic heterocycles. The fraction of sp³-hybridized carbons (Fsp3) is 0.350. The van der Waals surface area contributed by atoms with Crippen LogP contribution in [0, 0.1) is 5.82 Å². The Balaban J connectivity index is 2.07. The van der Waals surface area contributed by atoms with E-state index in [-0.39, 0.29) is 23.1 Å². The molecule has 0 bridgehead atoms. The first-order valence-electron chi connectivity index (χ1n) is 8.58. The monoisotopic (exact) mass is 472 g/mol. The van der Waals surface area contributed by atoms with E-state index in [9.17, 15) is 9.18 Å². The smallest absolute Gasteiger partial charge is 0.258 e. The quantitative estimate of drug-likeness (QED) is 0.583. The highest BCUT2D eigenvalue weighted by Crippen LogP contribution is 2.37. The molecule has 0 radical (unpaired) electrons. The summed E-state index contributed by atoms with van der Waals surface area (Å²) in [6.45, 7) is 6.03. The average molecular weight is 474 g/mol. The fourth-order valence-electron chi connectivity index (χ4n) is 2.42. The van der Waals surface area contributed by atoms with Crippen molar-refractivity contribution in [2.24, 2.45) is 0 Å². The van der Waals surface area contributed by atoms with Gasteiger partial charge in [0.2, 0.25) is 0 Å². The van der Waals surface area contributed by atoms with Crippen LogP contribution in [0.25, 0.3) is 0 Å². The lowest BCUT2D eigenvalue weighted by Gasteiger charge is -2.21. The molecule has 2 aromatic carbocycles. The van der Waals surface area contributed by atoms with E-state index in [4.69, 9.17) is 21.1 Å². The molecular weight excluding hydrogens is 451 g/mol. The zero-order valence-corrected chi connectivity index (χ0v) is 18.5. The number of anilines is 1. The number of benzene rings is 2. The van der Waals surface area contributed by atoms with Crippen LogP contribution in [0.3, 0.4) is 0 Å². The van der Waals surface area contributed by atoms with Crippen LogP contribution in [0.1, 0.15) is 26.3 Å². The number of halogens is 3. The van der Waals surface area contributed by atoms with Gasteiger partial charge in [0.25, 0.3) is 5.91 Å². The molecule has 152 valence electrons. The van der Waals surface area contributed by atoms with E-state index in [0.29, 0.717) is 28.2 Å². The van der Waals surface area contributed by atoms with Crippen LogP contribution < -0.4 is 20.1 Å². The molecule has 0 heterocycles. The second-order valence-electron chi connectivity index (χ2n) is 7.18. The van der Waals surface area contributed by atoms with E-state index in [1.54, 1.807) is 12.1 Å². The van der Waals surface area contributed by atoms with E-state index in [1.807, 2.05) is 26.8 Å². The highest BCUT2D eigenvalue weighted by Gasteiger charge is 2.17. The molecule has 0 aliphatic rings. The summed E-state index contributed by atoms with van der Waals surface area (Å²) in [4.78, 5) is 12.0. The molecule has 0 atom stereocenters. The Morgan fingerprint density at radius 3 is 2.57 bits per heavy atom. The summed E-state index contributed by atoms with van der Waals surface area (Å²) in [6.07, 6.45) is 0. The first-order valence-corrected chi connectivity index (χ1v) is 9.75. The van der Waals surface area contributed by atoms with Gasteiger partial charge in [-0.05, 0) is 72.6 Å². The van der Waals surface area contributed by atoms with E-state index in [0.717, 1.165) is 5.56 Å². The van der Waals surface area contributed by atoms with Gasteiger partial charge >= 0.3 is 0 Å². The summed E-state index contributed by atoms with van der Waals surface area (Å²) in [5, 5.41) is 6.06. The predicted molar refractivity (Wildman–Crippen MR) is 113 cm³/mol. The van der Waals surface area contributed by atoms with Crippen molar-refractivity contribution in [1.29, 1.82) is 0 Å². The van der Waals surface area contributed by atoms with Crippen molar-refractivity contribution in [3.05, 3.63) is 51.2 Å². The Hall–Kier alpha value is -1.99. The minimum Gasteiger partial charge on any atom is -0.493 e. The molecule has 0 spiro atoms. The minimum atomic E-state index is -0.464. The summed E-state index contributed by atoms with van der Waals surface area (Å²) in [5.74, 6) is 0.251. The van der Waals surface area contributed by atoms with Crippen LogP contribution in [-0.2, 0) is 11.3 Å². The van der Waals surface area contributed by atoms with Crippen molar-refractivity contribution in [3.63, 3.8) is 0 Å². The molecule has 0 aromatic heterocycles. The number of hydrogen-bond acceptors (Lipinski definition) is 4. The van der Waals surface area contributed by atoms with Crippen LogP contribution in [0.2, 0.25) is 5.02 Å². The zero-order valence-electron chi connectivity index (χ0n) is 16.2. The second kappa shape index (κ2) is 9.47. The van der Waals surface area contributed by atoms with Crippen molar-refractivity contribution in [2.45, 2.75) is 32.9 Å². The SMILES string of the molecule is COc1cc(CNc2ccc(F)c(Cl)c2)cc(Br)c1OCC(=O)NC(C)(C)C. The molecule has 8 heteroatoms. The topological polar surface area (TPSA) is 59.6 Å². The molecule has 0 saturated carbocycles. The Kier molecular flexibility index (Phi) is 7.55. The van der Waals surface area contributed by atoms with Gasteiger partial charge in [0, 0.05) is 17.8 Å². The highest BCUT2D eigenvalue weighted by atomic mass is 79.9. The summed E-state index contributed by atoms with van der Waals surface area (Å²) in [6, 6.07) is 8.10. The first kappa shape index (κ1) is 22.3. The molecular formula is C20H23BrClFN2O3. The summed E-state index contributed by atoms with van der Waals surface area (Å²) in [7, 11) is 1.53. The molecule has 5 nitrogen and oxygen atoms in total. The molecule has 0 aliphatic carbocycles. The van der Waals surface area contributed by atoms with Gasteiger partial charge in [-0.15, -0.1) is 0 Å². The van der Waals surface area contributed by atoms with Crippen molar-refractivity contribution < 1.29 is 18.7 Å². The Labute approximate surface area is 177 Å². The first-order chi connectivity index (χ1) is 13.1. The number of amides is 1. The third-order valence-electron chi connectivity index (χ3n) is 3.57. The van der Waals surface area contributed by atoms with Crippen LogP contribution >= 0.6 is 27.5 Å². The molecule has 2 N–H and O–H groups in total. The van der Waals surface area contributed by atoms with Crippen LogP contribution in [0.4, 0.5) is 10.1 Å². The van der Waals surface area contributed by atoms with Crippen molar-refractivity contribution in [2.75, 3.05) is 19.0 Å². The predicted octanol–water partition coefficient (Wildman–Crippen LogP) is 5.16. The van der Waals surface area contributed by atoms with Gasteiger partial charge < -0.3 is 20.1 Å². The van der Waals surface area contributed by atoms with Gasteiger partial charge in [-0.3, -0.25) is 4.79 Å². The van der Waals surface area contributed by atoms with Gasteiger partial charge in [-0.1, -0.05) is 11.6 Å². The van der Waals surface area contributed by atoms with Crippen molar-refractivity contribution in [1.82, 2.24) is 5.32 Å². The van der Waals surface area contributed by atoms with Gasteiger partial charge in [-0.25, -0.2) is 4.39 Å². The molecule has 0 unspecified atom stereocenters. The Bertz CT molecular complexity index is 856. The van der Waals surface area contributed by atoms with Crippen molar-refractivity contribution >= 4 is 39.1 Å². The second-order valence-corrected chi connectivity index (χ2v) is 8.44. The number of rotatable bonds is 7. The number of carbonyl (C=O) groups excluding carboxylic acids is 1. The minimum absolute atomic E-state index is 0.0565. The third-order valence-corrected chi connectivity index (χ3v) is 4.45. The number of nitrogens with one attached hydrogen (secondary N) is 2. The molecule has 28 heavy (non-hydrogen) atoms. The van der Waals surface area contributed by atoms with Crippen LogP contribution in [-0.4, -0.2) is 25.2 Å². The molecule has 2 aromatic rings. The van der Waals surface area contributed by atoms with Crippen LogP contribution in [0.15, 0.2) is 34.8 Å². The lowest BCUT2D eigenvalue weighted by molar-refractivity contribution is -0.124. The van der Waals surface area contributed by atoms with E-state index < -0.39 is 5.82 Å². The number of hydrogen-bond donors (Lipinski definition) is 2. The largest absolute Gasteiger partial charge is 0.493 e. The summed E-state index contributed by atoms with van der Waals surface area (Å²) >= 11 is 9.26. The lowest BCUT2D eigenvalue weighted by Crippen LogP contribution is -2.43. The standard InChI is InChI=1S/C20H23BrClFN2O3/c1-20(2,3)25-18(26)11-28-19-14(21)7-12(8-17(19)27-4)10-24-13-5-6-16(23)15(22)9-13/h5-9,24H,10-11H2,1-4H3,(H,25,26). The zero-order chi connectivity index (χ0) is 20.9. The van der Waals surface area contributed by atoms with Crippen molar-refractivity contribution in [3.8, 4) is 11.5 Å². The maximum atomic E-state index is 13.3. The van der Waals surface area contributed by atoms with Gasteiger partial charge in [-0.2, -0.15) is 0 Å². The average Bonchev–Trinajstić information content (AvgIpc) is 2.59. The summed E-state index contributed by atoms with van der Waals surface area (Å²) < 4.78 is 25.0. The van der Waals surface area contributed by atoms with E-state index in [1.165, 1.54) is 19.2 Å².